The highest BCUT2D eigenvalue weighted by atomic mass is 15.4. The van der Waals surface area contributed by atoms with Crippen LogP contribution in [-0.4, -0.2) is 26.9 Å². The quantitative estimate of drug-likeness (QED) is 0.732. The van der Waals surface area contributed by atoms with Gasteiger partial charge < -0.3 is 4.90 Å². The first kappa shape index (κ1) is 12.6. The SMILES string of the molecule is Cc1nnc2ccc(N(C)[C@@H](C)c3ccccc3)nn12. The van der Waals surface area contributed by atoms with Gasteiger partial charge in [0.15, 0.2) is 11.5 Å². The maximum absolute atomic E-state index is 4.60. The van der Waals surface area contributed by atoms with Crippen LogP contribution in [0.3, 0.4) is 0 Å². The zero-order valence-electron chi connectivity index (χ0n) is 11.9. The Kier molecular flexibility index (Phi) is 3.10. The third kappa shape index (κ3) is 2.11. The van der Waals surface area contributed by atoms with Gasteiger partial charge in [-0.3, -0.25) is 0 Å². The second-order valence-corrected chi connectivity index (χ2v) is 4.91. The Balaban J connectivity index is 1.95. The Labute approximate surface area is 117 Å². The van der Waals surface area contributed by atoms with Crippen molar-refractivity contribution in [1.82, 2.24) is 19.8 Å². The van der Waals surface area contributed by atoms with Crippen molar-refractivity contribution < 1.29 is 0 Å². The molecule has 0 N–H and O–H groups in total. The molecule has 5 heteroatoms. The van der Waals surface area contributed by atoms with Crippen LogP contribution < -0.4 is 4.90 Å². The van der Waals surface area contributed by atoms with Crippen molar-refractivity contribution in [3.8, 4) is 0 Å². The topological polar surface area (TPSA) is 46.3 Å². The van der Waals surface area contributed by atoms with E-state index in [2.05, 4.69) is 51.4 Å². The Morgan fingerprint density at radius 1 is 1.05 bits per heavy atom. The van der Waals surface area contributed by atoms with Crippen LogP contribution in [0.4, 0.5) is 5.82 Å². The maximum Gasteiger partial charge on any atom is 0.178 e. The van der Waals surface area contributed by atoms with Gasteiger partial charge in [0.2, 0.25) is 0 Å². The minimum atomic E-state index is 0.248. The largest absolute Gasteiger partial charge is 0.351 e. The van der Waals surface area contributed by atoms with Crippen molar-refractivity contribution in [2.45, 2.75) is 19.9 Å². The monoisotopic (exact) mass is 267 g/mol. The fourth-order valence-corrected chi connectivity index (χ4v) is 2.23. The lowest BCUT2D eigenvalue weighted by Crippen LogP contribution is -2.23. The Hall–Kier alpha value is -2.43. The van der Waals surface area contributed by atoms with Gasteiger partial charge in [-0.2, -0.15) is 4.52 Å². The van der Waals surface area contributed by atoms with Crippen LogP contribution in [0.1, 0.15) is 24.4 Å². The maximum atomic E-state index is 4.60. The fourth-order valence-electron chi connectivity index (χ4n) is 2.23. The van der Waals surface area contributed by atoms with E-state index in [1.54, 1.807) is 4.52 Å². The molecule has 2 aromatic heterocycles. The minimum absolute atomic E-state index is 0.248. The van der Waals surface area contributed by atoms with E-state index in [0.29, 0.717) is 0 Å². The number of benzene rings is 1. The van der Waals surface area contributed by atoms with Gasteiger partial charge in [0.25, 0.3) is 0 Å². The summed E-state index contributed by atoms with van der Waals surface area (Å²) in [6.45, 7) is 4.07. The van der Waals surface area contributed by atoms with Crippen LogP contribution >= 0.6 is 0 Å². The smallest absolute Gasteiger partial charge is 0.178 e. The summed E-state index contributed by atoms with van der Waals surface area (Å²) in [5.41, 5.74) is 2.03. The lowest BCUT2D eigenvalue weighted by atomic mass is 10.1. The van der Waals surface area contributed by atoms with Crippen molar-refractivity contribution in [3.63, 3.8) is 0 Å². The number of hydrogen-bond acceptors (Lipinski definition) is 4. The molecule has 1 aromatic carbocycles. The molecule has 0 amide bonds. The molecule has 0 aliphatic carbocycles. The summed E-state index contributed by atoms with van der Waals surface area (Å²) in [5, 5.41) is 12.7. The van der Waals surface area contributed by atoms with Crippen molar-refractivity contribution in [1.29, 1.82) is 0 Å². The molecule has 0 saturated carbocycles. The second kappa shape index (κ2) is 4.92. The molecule has 0 aliphatic heterocycles. The molecule has 3 rings (SSSR count). The van der Waals surface area contributed by atoms with Gasteiger partial charge in [-0.25, -0.2) is 0 Å². The summed E-state index contributed by atoms with van der Waals surface area (Å²) in [6, 6.07) is 14.6. The van der Waals surface area contributed by atoms with Crippen molar-refractivity contribution >= 4 is 11.5 Å². The molecule has 0 bridgehead atoms. The van der Waals surface area contributed by atoms with E-state index in [-0.39, 0.29) is 6.04 Å². The summed E-state index contributed by atoms with van der Waals surface area (Å²) in [7, 11) is 2.05. The first-order valence-corrected chi connectivity index (χ1v) is 6.63. The average molecular weight is 267 g/mol. The predicted molar refractivity (Wildman–Crippen MR) is 78.8 cm³/mol. The van der Waals surface area contributed by atoms with Gasteiger partial charge in [0.05, 0.1) is 6.04 Å². The number of hydrogen-bond donors (Lipinski definition) is 0. The highest BCUT2D eigenvalue weighted by Gasteiger charge is 2.14. The Morgan fingerprint density at radius 3 is 2.55 bits per heavy atom. The van der Waals surface area contributed by atoms with Crippen LogP contribution in [0.5, 0.6) is 0 Å². The van der Waals surface area contributed by atoms with Crippen LogP contribution in [0.2, 0.25) is 0 Å². The zero-order chi connectivity index (χ0) is 14.1. The van der Waals surface area contributed by atoms with Gasteiger partial charge in [0, 0.05) is 7.05 Å². The summed E-state index contributed by atoms with van der Waals surface area (Å²) in [4.78, 5) is 2.15. The van der Waals surface area contributed by atoms with Crippen LogP contribution in [0.25, 0.3) is 5.65 Å². The Morgan fingerprint density at radius 2 is 1.80 bits per heavy atom. The van der Waals surface area contributed by atoms with Gasteiger partial charge in [-0.1, -0.05) is 30.3 Å². The average Bonchev–Trinajstić information content (AvgIpc) is 2.87. The predicted octanol–water partition coefficient (Wildman–Crippen LogP) is 2.63. The highest BCUT2D eigenvalue weighted by Crippen LogP contribution is 2.23. The molecule has 0 aliphatic rings. The first-order chi connectivity index (χ1) is 9.66. The normalized spacial score (nSPS) is 12.6. The summed E-state index contributed by atoms with van der Waals surface area (Å²) in [5.74, 6) is 1.69. The zero-order valence-corrected chi connectivity index (χ0v) is 11.9. The van der Waals surface area contributed by atoms with Crippen molar-refractivity contribution in [3.05, 3.63) is 53.9 Å². The molecular formula is C15H17N5. The van der Waals surface area contributed by atoms with E-state index in [1.165, 1.54) is 5.56 Å². The molecule has 0 radical (unpaired) electrons. The molecule has 20 heavy (non-hydrogen) atoms. The number of aromatic nitrogens is 4. The second-order valence-electron chi connectivity index (χ2n) is 4.91. The van der Waals surface area contributed by atoms with E-state index < -0.39 is 0 Å². The first-order valence-electron chi connectivity index (χ1n) is 6.63. The third-order valence-corrected chi connectivity index (χ3v) is 3.63. The van der Waals surface area contributed by atoms with Crippen molar-refractivity contribution in [2.24, 2.45) is 0 Å². The number of nitrogens with zero attached hydrogens (tertiary/aromatic N) is 5. The van der Waals surface area contributed by atoms with E-state index in [9.17, 15) is 0 Å². The standard InChI is InChI=1S/C15H17N5/c1-11(13-7-5-4-6-8-13)19(3)15-10-9-14-17-16-12(2)20(14)18-15/h4-11H,1-3H3/t11-/m0/s1. The molecule has 1 atom stereocenters. The Bertz CT molecular complexity index is 719. The molecular weight excluding hydrogens is 250 g/mol. The molecule has 102 valence electrons. The molecule has 2 heterocycles. The third-order valence-electron chi connectivity index (χ3n) is 3.63. The number of aryl methyl sites for hydroxylation is 1. The van der Waals surface area contributed by atoms with Crippen LogP contribution in [-0.2, 0) is 0 Å². The summed E-state index contributed by atoms with van der Waals surface area (Å²) >= 11 is 0. The number of rotatable bonds is 3. The molecule has 0 unspecified atom stereocenters. The summed E-state index contributed by atoms with van der Waals surface area (Å²) in [6.07, 6.45) is 0. The van der Waals surface area contributed by atoms with Crippen molar-refractivity contribution in [2.75, 3.05) is 11.9 Å². The summed E-state index contributed by atoms with van der Waals surface area (Å²) < 4.78 is 1.77. The van der Waals surface area contributed by atoms with Gasteiger partial charge in [0.1, 0.15) is 5.82 Å². The van der Waals surface area contributed by atoms with E-state index in [4.69, 9.17) is 0 Å². The minimum Gasteiger partial charge on any atom is -0.351 e. The van der Waals surface area contributed by atoms with E-state index >= 15 is 0 Å². The number of anilines is 1. The molecule has 0 saturated heterocycles. The van der Waals surface area contributed by atoms with Crippen LogP contribution in [0, 0.1) is 6.92 Å². The lowest BCUT2D eigenvalue weighted by Gasteiger charge is -2.26. The molecule has 0 fully saturated rings. The highest BCUT2D eigenvalue weighted by molar-refractivity contribution is 5.46. The number of fused-ring (bicyclic) bond motifs is 1. The van der Waals surface area contributed by atoms with E-state index in [0.717, 1.165) is 17.3 Å². The van der Waals surface area contributed by atoms with Crippen LogP contribution in [0.15, 0.2) is 42.5 Å². The van der Waals surface area contributed by atoms with Gasteiger partial charge in [-0.15, -0.1) is 15.3 Å². The van der Waals surface area contributed by atoms with Gasteiger partial charge >= 0.3 is 0 Å². The molecule has 3 aromatic rings. The lowest BCUT2D eigenvalue weighted by molar-refractivity contribution is 0.712. The molecule has 0 spiro atoms. The molecule has 5 nitrogen and oxygen atoms in total. The van der Waals surface area contributed by atoms with E-state index in [1.807, 2.05) is 32.2 Å². The van der Waals surface area contributed by atoms with Gasteiger partial charge in [-0.05, 0) is 31.5 Å². The fraction of sp³-hybridized carbons (Fsp3) is 0.267.